The zero-order valence-electron chi connectivity index (χ0n) is 11.6. The van der Waals surface area contributed by atoms with Crippen molar-refractivity contribution < 1.29 is 9.84 Å². The van der Waals surface area contributed by atoms with Gasteiger partial charge in [-0.3, -0.25) is 14.3 Å². The Hall–Kier alpha value is -1.96. The second-order valence-corrected chi connectivity index (χ2v) is 5.36. The van der Waals surface area contributed by atoms with Crippen LogP contribution in [0.1, 0.15) is 18.2 Å². The third kappa shape index (κ3) is 2.29. The number of aromatic amines is 1. The quantitative estimate of drug-likeness (QED) is 0.697. The van der Waals surface area contributed by atoms with E-state index in [1.807, 2.05) is 13.0 Å². The van der Waals surface area contributed by atoms with Crippen molar-refractivity contribution >= 4 is 10.9 Å². The number of benzene rings is 1. The molecule has 0 aliphatic carbocycles. The highest BCUT2D eigenvalue weighted by molar-refractivity contribution is 5.78. The van der Waals surface area contributed by atoms with E-state index in [-0.39, 0.29) is 12.6 Å². The minimum absolute atomic E-state index is 0.202. The molecule has 0 spiro atoms. The molecular weight excluding hydrogens is 274 g/mol. The first kappa shape index (κ1) is 14.0. The van der Waals surface area contributed by atoms with Gasteiger partial charge in [-0.2, -0.15) is 0 Å². The second kappa shape index (κ2) is 5.10. The van der Waals surface area contributed by atoms with E-state index in [0.717, 1.165) is 5.56 Å². The molecule has 0 amide bonds. The van der Waals surface area contributed by atoms with Crippen molar-refractivity contribution in [1.82, 2.24) is 9.55 Å². The number of nitrogens with one attached hydrogen (secondary N) is 1. The molecule has 3 rings (SSSR count). The highest BCUT2D eigenvalue weighted by Gasteiger charge is 2.34. The van der Waals surface area contributed by atoms with E-state index < -0.39 is 23.6 Å². The number of aliphatic hydroxyl groups excluding tert-OH is 1. The minimum Gasteiger partial charge on any atom is -0.394 e. The van der Waals surface area contributed by atoms with Gasteiger partial charge in [0, 0.05) is 12.5 Å². The number of aromatic nitrogens is 2. The number of hydrogen-bond acceptors (Lipinski definition) is 5. The van der Waals surface area contributed by atoms with Crippen molar-refractivity contribution in [3.63, 3.8) is 0 Å². The molecular formula is C14H17N3O4. The average Bonchev–Trinajstić information content (AvgIpc) is 2.80. The molecule has 1 aliphatic rings. The van der Waals surface area contributed by atoms with E-state index in [1.165, 1.54) is 4.57 Å². The third-order valence-corrected chi connectivity index (χ3v) is 3.85. The molecule has 0 bridgehead atoms. The fourth-order valence-electron chi connectivity index (χ4n) is 2.75. The summed E-state index contributed by atoms with van der Waals surface area (Å²) in [7, 11) is 0. The highest BCUT2D eigenvalue weighted by Crippen LogP contribution is 2.28. The van der Waals surface area contributed by atoms with Crippen LogP contribution in [0.4, 0.5) is 0 Å². The van der Waals surface area contributed by atoms with Crippen LogP contribution in [0.2, 0.25) is 0 Å². The maximum Gasteiger partial charge on any atom is 0.330 e. The normalized spacial score (nSPS) is 25.6. The Bertz CT molecular complexity index is 795. The predicted octanol–water partition coefficient (Wildman–Crippen LogP) is -0.395. The number of rotatable bonds is 2. The van der Waals surface area contributed by atoms with Crippen LogP contribution in [-0.4, -0.2) is 33.4 Å². The summed E-state index contributed by atoms with van der Waals surface area (Å²) in [4.78, 5) is 26.4. The number of nitrogens with zero attached hydrogens (tertiary/aromatic N) is 1. The zero-order valence-corrected chi connectivity index (χ0v) is 11.6. The molecule has 0 saturated carbocycles. The van der Waals surface area contributed by atoms with Crippen LogP contribution in [0.25, 0.3) is 10.9 Å². The Labute approximate surface area is 120 Å². The van der Waals surface area contributed by atoms with Crippen LogP contribution in [0, 0.1) is 6.92 Å². The number of ether oxygens (including phenoxy) is 1. The topological polar surface area (TPSA) is 110 Å². The Kier molecular flexibility index (Phi) is 3.40. The van der Waals surface area contributed by atoms with Gasteiger partial charge in [-0.05, 0) is 19.1 Å². The number of nitrogens with two attached hydrogens (primary N) is 1. The van der Waals surface area contributed by atoms with Gasteiger partial charge < -0.3 is 15.6 Å². The zero-order chi connectivity index (χ0) is 15.1. The lowest BCUT2D eigenvalue weighted by molar-refractivity contribution is -0.0249. The highest BCUT2D eigenvalue weighted by atomic mass is 16.5. The van der Waals surface area contributed by atoms with Gasteiger partial charge in [0.05, 0.1) is 23.6 Å². The van der Waals surface area contributed by atoms with Gasteiger partial charge in [-0.25, -0.2) is 4.79 Å². The van der Waals surface area contributed by atoms with E-state index in [4.69, 9.17) is 10.5 Å². The van der Waals surface area contributed by atoms with Crippen LogP contribution in [-0.2, 0) is 4.74 Å². The summed E-state index contributed by atoms with van der Waals surface area (Å²) in [6, 6.07) is 4.93. The standard InChI is InChI=1S/C14H17N3O4/c1-7-2-3-10-8(4-7)13(19)16-14(20)17(10)12-5-9(15)11(6-18)21-12/h2-4,9,11-12,18H,5-6,15H2,1H3,(H,16,19,20)/t9-,11-,12-/m1/s1. The molecule has 1 saturated heterocycles. The van der Waals surface area contributed by atoms with Crippen molar-refractivity contribution in [2.75, 3.05) is 6.61 Å². The van der Waals surface area contributed by atoms with Gasteiger partial charge in [-0.15, -0.1) is 0 Å². The first-order chi connectivity index (χ1) is 10.0. The fraction of sp³-hybridized carbons (Fsp3) is 0.429. The van der Waals surface area contributed by atoms with Crippen molar-refractivity contribution in [3.05, 3.63) is 44.6 Å². The van der Waals surface area contributed by atoms with E-state index in [1.54, 1.807) is 12.1 Å². The molecule has 7 heteroatoms. The van der Waals surface area contributed by atoms with Crippen molar-refractivity contribution in [2.45, 2.75) is 31.7 Å². The number of aliphatic hydroxyl groups is 1. The van der Waals surface area contributed by atoms with Crippen LogP contribution in [0.15, 0.2) is 27.8 Å². The lowest BCUT2D eigenvalue weighted by Crippen LogP contribution is -2.33. The van der Waals surface area contributed by atoms with Gasteiger partial charge in [0.15, 0.2) is 0 Å². The molecule has 1 fully saturated rings. The van der Waals surface area contributed by atoms with Gasteiger partial charge in [-0.1, -0.05) is 11.6 Å². The Balaban J connectivity index is 2.19. The van der Waals surface area contributed by atoms with E-state index in [0.29, 0.717) is 17.3 Å². The van der Waals surface area contributed by atoms with Gasteiger partial charge >= 0.3 is 5.69 Å². The van der Waals surface area contributed by atoms with Crippen LogP contribution in [0.5, 0.6) is 0 Å². The number of H-pyrrole nitrogens is 1. The molecule has 2 heterocycles. The summed E-state index contributed by atoms with van der Waals surface area (Å²) in [5.74, 6) is 0. The molecule has 0 unspecified atom stereocenters. The van der Waals surface area contributed by atoms with E-state index in [2.05, 4.69) is 4.98 Å². The average molecular weight is 291 g/mol. The third-order valence-electron chi connectivity index (χ3n) is 3.85. The van der Waals surface area contributed by atoms with E-state index >= 15 is 0 Å². The molecule has 3 atom stereocenters. The summed E-state index contributed by atoms with van der Waals surface area (Å²) in [6.07, 6.45) is -0.693. The molecule has 1 aliphatic heterocycles. The molecule has 21 heavy (non-hydrogen) atoms. The second-order valence-electron chi connectivity index (χ2n) is 5.36. The lowest BCUT2D eigenvalue weighted by atomic mass is 10.1. The predicted molar refractivity (Wildman–Crippen MR) is 77.2 cm³/mol. The maximum absolute atomic E-state index is 12.2. The minimum atomic E-state index is -0.591. The molecule has 112 valence electrons. The maximum atomic E-state index is 12.2. The van der Waals surface area contributed by atoms with Crippen molar-refractivity contribution in [3.8, 4) is 0 Å². The molecule has 1 aromatic carbocycles. The summed E-state index contributed by atoms with van der Waals surface area (Å²) in [5, 5.41) is 9.64. The molecule has 7 nitrogen and oxygen atoms in total. The Morgan fingerprint density at radius 1 is 1.48 bits per heavy atom. The van der Waals surface area contributed by atoms with Gasteiger partial charge in [0.25, 0.3) is 5.56 Å². The van der Waals surface area contributed by atoms with Gasteiger partial charge in [0.2, 0.25) is 0 Å². The SMILES string of the molecule is Cc1ccc2c(c1)c(=O)[nH]c(=O)n2[C@H]1C[C@@H](N)[C@@H](CO)O1. The van der Waals surface area contributed by atoms with Crippen molar-refractivity contribution in [2.24, 2.45) is 5.73 Å². The number of hydrogen-bond donors (Lipinski definition) is 3. The fourth-order valence-corrected chi connectivity index (χ4v) is 2.75. The molecule has 0 radical (unpaired) electrons. The largest absolute Gasteiger partial charge is 0.394 e. The summed E-state index contributed by atoms with van der Waals surface area (Å²) < 4.78 is 7.03. The smallest absolute Gasteiger partial charge is 0.330 e. The van der Waals surface area contributed by atoms with Crippen LogP contribution < -0.4 is 17.0 Å². The molecule has 2 aromatic rings. The van der Waals surface area contributed by atoms with Crippen LogP contribution in [0.3, 0.4) is 0 Å². The molecule has 4 N–H and O–H groups in total. The van der Waals surface area contributed by atoms with Crippen molar-refractivity contribution in [1.29, 1.82) is 0 Å². The lowest BCUT2D eigenvalue weighted by Gasteiger charge is -2.17. The Morgan fingerprint density at radius 2 is 2.24 bits per heavy atom. The monoisotopic (exact) mass is 291 g/mol. The summed E-state index contributed by atoms with van der Waals surface area (Å²) >= 11 is 0. The summed E-state index contributed by atoms with van der Waals surface area (Å²) in [6.45, 7) is 1.67. The number of fused-ring (bicyclic) bond motifs is 1. The van der Waals surface area contributed by atoms with Crippen LogP contribution >= 0.6 is 0 Å². The van der Waals surface area contributed by atoms with Gasteiger partial charge in [0.1, 0.15) is 6.23 Å². The first-order valence-corrected chi connectivity index (χ1v) is 6.78. The van der Waals surface area contributed by atoms with E-state index in [9.17, 15) is 14.7 Å². The Morgan fingerprint density at radius 3 is 2.90 bits per heavy atom. The first-order valence-electron chi connectivity index (χ1n) is 6.78. The molecule has 1 aromatic heterocycles. The summed E-state index contributed by atoms with van der Waals surface area (Å²) in [5.41, 5.74) is 6.37. The number of aryl methyl sites for hydroxylation is 1.